The van der Waals surface area contributed by atoms with Gasteiger partial charge < -0.3 is 15.1 Å². The molecule has 1 aliphatic rings. The van der Waals surface area contributed by atoms with Crippen LogP contribution in [0.5, 0.6) is 0 Å². The topological polar surface area (TPSA) is 31.4 Å². The Hall–Kier alpha value is -1.13. The predicted octanol–water partition coefficient (Wildman–Crippen LogP) is 2.36. The van der Waals surface area contributed by atoms with Crippen LogP contribution in [0, 0.1) is 5.92 Å². The molecule has 0 spiro atoms. The van der Waals surface area contributed by atoms with Gasteiger partial charge >= 0.3 is 0 Å². The van der Waals surface area contributed by atoms with Gasteiger partial charge in [0, 0.05) is 44.0 Å². The first-order valence-electron chi connectivity index (χ1n) is 8.13. The fourth-order valence-electron chi connectivity index (χ4n) is 2.44. The third kappa shape index (κ3) is 5.64. The van der Waals surface area contributed by atoms with Gasteiger partial charge in [0.1, 0.15) is 5.82 Å². The molecule has 1 heterocycles. The molecule has 1 aromatic heterocycles. The standard InChI is InChI=1S/C17H30N4/c1-14(2)13-21(11-10-20(3)4)17-15(6-5-9-18-17)12-19-16-7-8-16/h5-6,9,14,16,19H,7-8,10-13H2,1-4H3. The molecular weight excluding hydrogens is 260 g/mol. The van der Waals surface area contributed by atoms with Gasteiger partial charge in [-0.15, -0.1) is 0 Å². The second-order valence-electron chi connectivity index (χ2n) is 6.78. The number of nitrogens with one attached hydrogen (secondary N) is 1. The summed E-state index contributed by atoms with van der Waals surface area (Å²) in [6, 6.07) is 4.99. The van der Waals surface area contributed by atoms with Crippen LogP contribution in [-0.4, -0.2) is 49.7 Å². The average molecular weight is 290 g/mol. The number of aromatic nitrogens is 1. The van der Waals surface area contributed by atoms with Gasteiger partial charge in [0.05, 0.1) is 0 Å². The number of anilines is 1. The van der Waals surface area contributed by atoms with E-state index < -0.39 is 0 Å². The average Bonchev–Trinajstić information content (AvgIpc) is 3.25. The first kappa shape index (κ1) is 16.2. The zero-order chi connectivity index (χ0) is 15.2. The molecule has 1 aliphatic carbocycles. The zero-order valence-electron chi connectivity index (χ0n) is 14.0. The third-order valence-corrected chi connectivity index (χ3v) is 3.73. The van der Waals surface area contributed by atoms with Crippen molar-refractivity contribution >= 4 is 5.82 Å². The first-order chi connectivity index (χ1) is 10.1. The van der Waals surface area contributed by atoms with Crippen LogP contribution in [0.25, 0.3) is 0 Å². The summed E-state index contributed by atoms with van der Waals surface area (Å²) in [5.74, 6) is 1.79. The minimum Gasteiger partial charge on any atom is -0.355 e. The molecule has 0 atom stereocenters. The van der Waals surface area contributed by atoms with E-state index >= 15 is 0 Å². The predicted molar refractivity (Wildman–Crippen MR) is 89.7 cm³/mol. The molecule has 0 saturated heterocycles. The SMILES string of the molecule is CC(C)CN(CCN(C)C)c1ncccc1CNC1CC1. The van der Waals surface area contributed by atoms with Crippen LogP contribution in [0.3, 0.4) is 0 Å². The number of rotatable bonds is 9. The van der Waals surface area contributed by atoms with Gasteiger partial charge in [-0.05, 0) is 38.9 Å². The molecule has 1 saturated carbocycles. The summed E-state index contributed by atoms with van der Waals surface area (Å²) in [5.41, 5.74) is 1.32. The van der Waals surface area contributed by atoms with Crippen molar-refractivity contribution in [2.75, 3.05) is 38.6 Å². The molecule has 0 aliphatic heterocycles. The molecular formula is C17H30N4. The summed E-state index contributed by atoms with van der Waals surface area (Å²) in [7, 11) is 4.25. The molecule has 2 rings (SSSR count). The second kappa shape index (κ2) is 7.76. The Labute approximate surface area is 129 Å². The van der Waals surface area contributed by atoms with E-state index in [1.54, 1.807) is 0 Å². The lowest BCUT2D eigenvalue weighted by Crippen LogP contribution is -2.36. The molecule has 0 amide bonds. The number of hydrogen-bond acceptors (Lipinski definition) is 4. The largest absolute Gasteiger partial charge is 0.355 e. The minimum atomic E-state index is 0.637. The van der Waals surface area contributed by atoms with E-state index in [0.717, 1.165) is 38.0 Å². The van der Waals surface area contributed by atoms with Crippen LogP contribution in [0.2, 0.25) is 0 Å². The van der Waals surface area contributed by atoms with Crippen LogP contribution in [0.1, 0.15) is 32.3 Å². The molecule has 0 bridgehead atoms. The van der Waals surface area contributed by atoms with E-state index in [1.807, 2.05) is 12.3 Å². The summed E-state index contributed by atoms with van der Waals surface area (Å²) in [6.45, 7) is 8.62. The fourth-order valence-corrected chi connectivity index (χ4v) is 2.44. The van der Waals surface area contributed by atoms with Crippen LogP contribution in [-0.2, 0) is 6.54 Å². The highest BCUT2D eigenvalue weighted by molar-refractivity contribution is 5.46. The summed E-state index contributed by atoms with van der Waals surface area (Å²) in [4.78, 5) is 9.35. The summed E-state index contributed by atoms with van der Waals surface area (Å²) in [5, 5.41) is 3.61. The maximum atomic E-state index is 4.68. The molecule has 0 aromatic carbocycles. The lowest BCUT2D eigenvalue weighted by molar-refractivity contribution is 0.408. The van der Waals surface area contributed by atoms with Gasteiger partial charge in [0.15, 0.2) is 0 Å². The zero-order valence-corrected chi connectivity index (χ0v) is 14.0. The Kier molecular flexibility index (Phi) is 6.00. The monoisotopic (exact) mass is 290 g/mol. The molecule has 1 N–H and O–H groups in total. The van der Waals surface area contributed by atoms with E-state index in [4.69, 9.17) is 0 Å². The van der Waals surface area contributed by atoms with Crippen molar-refractivity contribution < 1.29 is 0 Å². The maximum Gasteiger partial charge on any atom is 0.133 e. The number of pyridine rings is 1. The molecule has 4 nitrogen and oxygen atoms in total. The Morgan fingerprint density at radius 3 is 2.67 bits per heavy atom. The van der Waals surface area contributed by atoms with Crippen molar-refractivity contribution in [1.29, 1.82) is 0 Å². The summed E-state index contributed by atoms with van der Waals surface area (Å²) >= 11 is 0. The van der Waals surface area contributed by atoms with E-state index in [9.17, 15) is 0 Å². The maximum absolute atomic E-state index is 4.68. The highest BCUT2D eigenvalue weighted by atomic mass is 15.2. The number of likely N-dealkylation sites (N-methyl/N-ethyl adjacent to an activating group) is 1. The number of hydrogen-bond donors (Lipinski definition) is 1. The van der Waals surface area contributed by atoms with Crippen LogP contribution >= 0.6 is 0 Å². The highest BCUT2D eigenvalue weighted by Crippen LogP contribution is 2.22. The third-order valence-electron chi connectivity index (χ3n) is 3.73. The Balaban J connectivity index is 2.08. The van der Waals surface area contributed by atoms with Crippen molar-refractivity contribution in [3.05, 3.63) is 23.9 Å². The molecule has 0 radical (unpaired) electrons. The lowest BCUT2D eigenvalue weighted by Gasteiger charge is -2.29. The van der Waals surface area contributed by atoms with Crippen molar-refractivity contribution in [2.24, 2.45) is 5.92 Å². The van der Waals surface area contributed by atoms with E-state index in [-0.39, 0.29) is 0 Å². The summed E-state index contributed by atoms with van der Waals surface area (Å²) in [6.07, 6.45) is 4.57. The van der Waals surface area contributed by atoms with Crippen molar-refractivity contribution in [3.63, 3.8) is 0 Å². The molecule has 0 unspecified atom stereocenters. The lowest BCUT2D eigenvalue weighted by atomic mass is 10.1. The molecule has 118 valence electrons. The Bertz CT molecular complexity index is 427. The van der Waals surface area contributed by atoms with Gasteiger partial charge in [0.25, 0.3) is 0 Å². The van der Waals surface area contributed by atoms with Crippen molar-refractivity contribution in [3.8, 4) is 0 Å². The first-order valence-corrected chi connectivity index (χ1v) is 8.13. The van der Waals surface area contributed by atoms with Crippen LogP contribution in [0.15, 0.2) is 18.3 Å². The Morgan fingerprint density at radius 2 is 2.05 bits per heavy atom. The van der Waals surface area contributed by atoms with Gasteiger partial charge in [0.2, 0.25) is 0 Å². The Morgan fingerprint density at radius 1 is 1.29 bits per heavy atom. The van der Waals surface area contributed by atoms with Gasteiger partial charge in [-0.3, -0.25) is 0 Å². The van der Waals surface area contributed by atoms with Crippen LogP contribution in [0.4, 0.5) is 5.82 Å². The molecule has 21 heavy (non-hydrogen) atoms. The fraction of sp³-hybridized carbons (Fsp3) is 0.706. The quantitative estimate of drug-likeness (QED) is 0.756. The van der Waals surface area contributed by atoms with E-state index in [0.29, 0.717) is 5.92 Å². The molecule has 1 aromatic rings. The van der Waals surface area contributed by atoms with Gasteiger partial charge in [-0.1, -0.05) is 19.9 Å². The molecule has 4 heteroatoms. The minimum absolute atomic E-state index is 0.637. The van der Waals surface area contributed by atoms with Gasteiger partial charge in [-0.2, -0.15) is 0 Å². The summed E-state index contributed by atoms with van der Waals surface area (Å²) < 4.78 is 0. The smallest absolute Gasteiger partial charge is 0.133 e. The van der Waals surface area contributed by atoms with Crippen molar-refractivity contribution in [1.82, 2.24) is 15.2 Å². The van der Waals surface area contributed by atoms with Gasteiger partial charge in [-0.25, -0.2) is 4.98 Å². The molecule has 1 fully saturated rings. The van der Waals surface area contributed by atoms with Crippen LogP contribution < -0.4 is 10.2 Å². The van der Waals surface area contributed by atoms with Crippen molar-refractivity contribution in [2.45, 2.75) is 39.3 Å². The number of nitrogens with zero attached hydrogens (tertiary/aromatic N) is 3. The second-order valence-corrected chi connectivity index (χ2v) is 6.78. The highest BCUT2D eigenvalue weighted by Gasteiger charge is 2.21. The normalized spacial score (nSPS) is 15.0. The van der Waals surface area contributed by atoms with E-state index in [1.165, 1.54) is 18.4 Å². The van der Waals surface area contributed by atoms with E-state index in [2.05, 4.69) is 54.1 Å².